The fourth-order valence-corrected chi connectivity index (χ4v) is 6.49. The van der Waals surface area contributed by atoms with Crippen LogP contribution in [0.1, 0.15) is 39.5 Å². The van der Waals surface area contributed by atoms with Gasteiger partial charge in [0.05, 0.1) is 48.5 Å². The number of urea groups is 2. The molecule has 16 nitrogen and oxygen atoms in total. The Kier molecular flexibility index (Phi) is 8.05. The van der Waals surface area contributed by atoms with Crippen molar-refractivity contribution >= 4 is 60.1 Å². The van der Waals surface area contributed by atoms with Gasteiger partial charge in [0.1, 0.15) is 6.10 Å². The topological polar surface area (TPSA) is 229 Å². The molecule has 4 fully saturated rings. The summed E-state index contributed by atoms with van der Waals surface area (Å²) in [5, 5.41) is 24.9. The predicted molar refractivity (Wildman–Crippen MR) is 137 cm³/mol. The number of hydrogen-bond acceptors (Lipinski definition) is 11. The molecule has 224 valence electrons. The second-order valence-electron chi connectivity index (χ2n) is 10.9. The van der Waals surface area contributed by atoms with Crippen molar-refractivity contribution in [1.82, 2.24) is 25.8 Å². The van der Waals surface area contributed by atoms with Gasteiger partial charge < -0.3 is 30.1 Å². The molecule has 4 aliphatic rings. The number of nitrogens with one attached hydrogen (secondary N) is 3. The first-order chi connectivity index (χ1) is 19.2. The highest BCUT2D eigenvalue weighted by Crippen LogP contribution is 2.63. The summed E-state index contributed by atoms with van der Waals surface area (Å²) < 4.78 is 5.53. The van der Waals surface area contributed by atoms with Crippen molar-refractivity contribution < 1.29 is 53.3 Å². The number of carbonyl (C=O) groups excluding carboxylic acids is 7. The SMILES string of the molecule is CC12C(=O)NC(=O)N3CC(OC(=O)CCC(=O)C(CS)NC(=O)CCC(O)C(=O)O)CN4C(=O)NC(=O)C1(C)C4C32. The molecule has 6 unspecified atom stereocenters. The number of rotatable bonds is 11. The molecular formula is C24H31N5O11S. The summed E-state index contributed by atoms with van der Waals surface area (Å²) in [6.07, 6.45) is -4.20. The molecule has 0 aromatic rings. The molecule has 0 radical (unpaired) electrons. The number of aliphatic hydroxyl groups is 1. The summed E-state index contributed by atoms with van der Waals surface area (Å²) in [6.45, 7) is 2.78. The molecule has 3 heterocycles. The first kappa shape index (κ1) is 30.2. The lowest BCUT2D eigenvalue weighted by Crippen LogP contribution is -2.90. The lowest BCUT2D eigenvalue weighted by molar-refractivity contribution is -0.209. The summed E-state index contributed by atoms with van der Waals surface area (Å²) in [6, 6.07) is -4.18. The van der Waals surface area contributed by atoms with Crippen molar-refractivity contribution in [2.45, 2.75) is 69.9 Å². The summed E-state index contributed by atoms with van der Waals surface area (Å²) in [7, 11) is 0. The summed E-state index contributed by atoms with van der Waals surface area (Å²) in [5.41, 5.74) is -2.67. The van der Waals surface area contributed by atoms with E-state index in [-0.39, 0.29) is 38.1 Å². The number of fused-ring (bicyclic) bond motifs is 1. The van der Waals surface area contributed by atoms with Gasteiger partial charge in [-0.05, 0) is 20.3 Å². The Bertz CT molecular complexity index is 1170. The molecule has 6 atom stereocenters. The molecule has 0 bridgehead atoms. The third-order valence-corrected chi connectivity index (χ3v) is 9.01. The van der Waals surface area contributed by atoms with Crippen molar-refractivity contribution in [2.75, 3.05) is 18.8 Å². The Morgan fingerprint density at radius 3 is 1.95 bits per heavy atom. The van der Waals surface area contributed by atoms with Crippen LogP contribution in [-0.4, -0.2) is 117 Å². The molecule has 17 heteroatoms. The molecular weight excluding hydrogens is 566 g/mol. The maximum atomic E-state index is 12.9. The number of Topliss-reactive ketones (excluding diaryl/α,β-unsaturated/α-hetero) is 1. The van der Waals surface area contributed by atoms with Gasteiger partial charge in [-0.25, -0.2) is 14.4 Å². The van der Waals surface area contributed by atoms with Gasteiger partial charge in [-0.3, -0.25) is 34.6 Å². The van der Waals surface area contributed by atoms with Gasteiger partial charge in [-0.1, -0.05) is 0 Å². The minimum absolute atomic E-state index is 0.102. The zero-order valence-electron chi connectivity index (χ0n) is 22.2. The molecule has 7 amide bonds. The smallest absolute Gasteiger partial charge is 0.332 e. The van der Waals surface area contributed by atoms with Crippen LogP contribution in [0.2, 0.25) is 0 Å². The van der Waals surface area contributed by atoms with Crippen LogP contribution in [0.5, 0.6) is 0 Å². The highest BCUT2D eigenvalue weighted by molar-refractivity contribution is 7.80. The maximum absolute atomic E-state index is 12.9. The van der Waals surface area contributed by atoms with E-state index in [1.807, 2.05) is 0 Å². The number of amides is 7. The zero-order valence-corrected chi connectivity index (χ0v) is 23.1. The standard InChI is InChI=1S/C24H31N5O11S/c1-23-16-17-24(23,2)20(37)27-22(39)29(17)8-10(7-28(16)21(38)26-19(23)36)40-15(33)6-4-12(30)11(9-41)25-14(32)5-3-13(31)18(34)35/h10-11,13,16-17,31,41H,3-9H2,1-2H3,(H,25,32)(H,34,35)(H,26,36,38)(H,27,37,39). The molecule has 0 spiro atoms. The number of hydrogen-bond donors (Lipinski definition) is 6. The number of carboxylic acid groups (broad SMARTS) is 1. The number of thiol groups is 1. The van der Waals surface area contributed by atoms with Gasteiger partial charge in [-0.15, -0.1) is 0 Å². The molecule has 0 aromatic carbocycles. The van der Waals surface area contributed by atoms with E-state index in [0.717, 1.165) is 0 Å². The second-order valence-corrected chi connectivity index (χ2v) is 11.3. The van der Waals surface area contributed by atoms with E-state index >= 15 is 0 Å². The lowest BCUT2D eigenvalue weighted by Gasteiger charge is -2.70. The molecule has 4 rings (SSSR count). The third kappa shape index (κ3) is 4.90. The first-order valence-electron chi connectivity index (χ1n) is 12.9. The summed E-state index contributed by atoms with van der Waals surface area (Å²) in [4.78, 5) is 102. The van der Waals surface area contributed by atoms with Crippen molar-refractivity contribution in [2.24, 2.45) is 10.8 Å². The number of aliphatic hydroxyl groups excluding tert-OH is 1. The van der Waals surface area contributed by atoms with E-state index in [1.165, 1.54) is 9.80 Å². The van der Waals surface area contributed by atoms with Crippen LogP contribution >= 0.6 is 12.6 Å². The van der Waals surface area contributed by atoms with Crippen LogP contribution in [0.4, 0.5) is 9.59 Å². The van der Waals surface area contributed by atoms with Gasteiger partial charge in [0.2, 0.25) is 17.7 Å². The van der Waals surface area contributed by atoms with Gasteiger partial charge in [0, 0.05) is 18.6 Å². The van der Waals surface area contributed by atoms with Crippen LogP contribution in [-0.2, 0) is 33.5 Å². The number of ether oxygens (including phenoxy) is 1. The monoisotopic (exact) mass is 597 g/mol. The largest absolute Gasteiger partial charge is 0.479 e. The number of imide groups is 2. The Balaban J connectivity index is 1.38. The van der Waals surface area contributed by atoms with Crippen LogP contribution in [0.3, 0.4) is 0 Å². The van der Waals surface area contributed by atoms with E-state index in [4.69, 9.17) is 9.84 Å². The van der Waals surface area contributed by atoms with E-state index in [9.17, 15) is 43.5 Å². The molecule has 3 saturated heterocycles. The minimum Gasteiger partial charge on any atom is -0.479 e. The maximum Gasteiger partial charge on any atom is 0.332 e. The fourth-order valence-electron chi connectivity index (χ4n) is 6.20. The van der Waals surface area contributed by atoms with Crippen molar-refractivity contribution in [3.05, 3.63) is 0 Å². The lowest BCUT2D eigenvalue weighted by atomic mass is 9.42. The highest BCUT2D eigenvalue weighted by atomic mass is 32.1. The van der Waals surface area contributed by atoms with Crippen LogP contribution in [0.15, 0.2) is 0 Å². The number of nitrogens with zero attached hydrogens (tertiary/aromatic N) is 2. The van der Waals surface area contributed by atoms with Crippen LogP contribution in [0.25, 0.3) is 0 Å². The average molecular weight is 598 g/mol. The van der Waals surface area contributed by atoms with Crippen molar-refractivity contribution in [3.8, 4) is 0 Å². The highest BCUT2D eigenvalue weighted by Gasteiger charge is 2.81. The molecule has 3 aliphatic heterocycles. The molecule has 5 N–H and O–H groups in total. The Morgan fingerprint density at radius 1 is 0.976 bits per heavy atom. The van der Waals surface area contributed by atoms with Crippen LogP contribution < -0.4 is 16.0 Å². The number of carboxylic acids is 1. The van der Waals surface area contributed by atoms with E-state index in [0.29, 0.717) is 0 Å². The van der Waals surface area contributed by atoms with Crippen molar-refractivity contribution in [1.29, 1.82) is 0 Å². The quantitative estimate of drug-likeness (QED) is 0.110. The van der Waals surface area contributed by atoms with E-state index in [2.05, 4.69) is 28.6 Å². The van der Waals surface area contributed by atoms with E-state index < -0.39 is 95.1 Å². The second kappa shape index (κ2) is 10.9. The van der Waals surface area contributed by atoms with Gasteiger partial charge in [-0.2, -0.15) is 12.6 Å². The summed E-state index contributed by atoms with van der Waals surface area (Å²) >= 11 is 4.04. The number of esters is 1. The average Bonchev–Trinajstić information content (AvgIpc) is 3.08. The first-order valence-corrected chi connectivity index (χ1v) is 13.6. The predicted octanol–water partition coefficient (Wildman–Crippen LogP) is -2.23. The zero-order chi connectivity index (χ0) is 30.4. The van der Waals surface area contributed by atoms with Gasteiger partial charge in [0.15, 0.2) is 11.9 Å². The van der Waals surface area contributed by atoms with Crippen molar-refractivity contribution in [3.63, 3.8) is 0 Å². The molecule has 41 heavy (non-hydrogen) atoms. The molecule has 1 aliphatic carbocycles. The normalized spacial score (nSPS) is 31.5. The van der Waals surface area contributed by atoms with E-state index in [1.54, 1.807) is 13.8 Å². The number of aliphatic carboxylic acids is 1. The Hall–Kier alpha value is -3.73. The molecule has 1 saturated carbocycles. The van der Waals surface area contributed by atoms with Gasteiger partial charge in [0.25, 0.3) is 0 Å². The third-order valence-electron chi connectivity index (χ3n) is 8.65. The number of ketones is 1. The fraction of sp³-hybridized carbons (Fsp3) is 0.667. The Morgan fingerprint density at radius 2 is 1.49 bits per heavy atom. The number of carbonyl (C=O) groups is 8. The van der Waals surface area contributed by atoms with Gasteiger partial charge >= 0.3 is 24.0 Å². The van der Waals surface area contributed by atoms with Crippen LogP contribution in [0, 0.1) is 10.8 Å². The Labute approximate surface area is 238 Å². The summed E-state index contributed by atoms with van der Waals surface area (Å²) in [5.74, 6) is -4.89. The molecule has 0 aromatic heterocycles. The minimum atomic E-state index is -1.73.